The molecule has 0 bridgehead atoms. The zero-order valence-electron chi connectivity index (χ0n) is 6.80. The lowest BCUT2D eigenvalue weighted by molar-refractivity contribution is 0.622. The largest absolute Gasteiger partial charge is 0.198 e. The Balaban J connectivity index is 3.13. The molecule has 0 aromatic rings. The molecular formula is C9H15N. The summed E-state index contributed by atoms with van der Waals surface area (Å²) in [5.74, 6) is 0.227. The minimum Gasteiger partial charge on any atom is -0.198 e. The first kappa shape index (κ1) is 9.23. The second kappa shape index (κ2) is 6.35. The van der Waals surface area contributed by atoms with Crippen LogP contribution in [0.25, 0.3) is 0 Å². The molecule has 0 N–H and O–H groups in total. The van der Waals surface area contributed by atoms with Gasteiger partial charge in [0.2, 0.25) is 0 Å². The third-order valence-electron chi connectivity index (χ3n) is 1.46. The molecule has 0 aliphatic rings. The van der Waals surface area contributed by atoms with Gasteiger partial charge in [-0.05, 0) is 33.1 Å². The third kappa shape index (κ3) is 5.37. The maximum atomic E-state index is 8.42. The molecule has 1 nitrogen and oxygen atoms in total. The van der Waals surface area contributed by atoms with Gasteiger partial charge in [0.25, 0.3) is 0 Å². The van der Waals surface area contributed by atoms with E-state index in [1.165, 1.54) is 0 Å². The fourth-order valence-electron chi connectivity index (χ4n) is 0.773. The van der Waals surface area contributed by atoms with E-state index in [2.05, 4.69) is 18.2 Å². The van der Waals surface area contributed by atoms with Gasteiger partial charge in [-0.25, -0.2) is 0 Å². The fraction of sp³-hybridized carbons (Fsp3) is 0.667. The highest BCUT2D eigenvalue weighted by atomic mass is 14.2. The van der Waals surface area contributed by atoms with E-state index in [0.717, 1.165) is 19.3 Å². The van der Waals surface area contributed by atoms with E-state index in [-0.39, 0.29) is 5.92 Å². The SMILES string of the molecule is CC=CCCCC(C)C#N. The fourth-order valence-corrected chi connectivity index (χ4v) is 0.773. The number of rotatable bonds is 4. The van der Waals surface area contributed by atoms with Gasteiger partial charge in [-0.1, -0.05) is 12.2 Å². The van der Waals surface area contributed by atoms with Crippen LogP contribution in [0.15, 0.2) is 12.2 Å². The molecule has 1 unspecified atom stereocenters. The van der Waals surface area contributed by atoms with E-state index in [1.54, 1.807) is 0 Å². The first-order valence-electron chi connectivity index (χ1n) is 3.82. The van der Waals surface area contributed by atoms with Gasteiger partial charge in [0.1, 0.15) is 0 Å². The topological polar surface area (TPSA) is 23.8 Å². The molecule has 0 saturated carbocycles. The van der Waals surface area contributed by atoms with Gasteiger partial charge in [-0.2, -0.15) is 5.26 Å². The van der Waals surface area contributed by atoms with Gasteiger partial charge in [-0.3, -0.25) is 0 Å². The summed E-state index contributed by atoms with van der Waals surface area (Å²) in [4.78, 5) is 0. The smallest absolute Gasteiger partial charge is 0.0652 e. The second-order valence-electron chi connectivity index (χ2n) is 2.53. The van der Waals surface area contributed by atoms with Crippen LogP contribution in [0.1, 0.15) is 33.1 Å². The highest BCUT2D eigenvalue weighted by molar-refractivity contribution is 4.81. The highest BCUT2D eigenvalue weighted by Crippen LogP contribution is 2.06. The van der Waals surface area contributed by atoms with Gasteiger partial charge in [0.05, 0.1) is 6.07 Å². The third-order valence-corrected chi connectivity index (χ3v) is 1.46. The number of unbranched alkanes of at least 4 members (excludes halogenated alkanes) is 1. The summed E-state index contributed by atoms with van der Waals surface area (Å²) in [5, 5.41) is 8.42. The van der Waals surface area contributed by atoms with Gasteiger partial charge in [-0.15, -0.1) is 0 Å². The number of hydrogen-bond donors (Lipinski definition) is 0. The Bertz CT molecular complexity index is 130. The van der Waals surface area contributed by atoms with Gasteiger partial charge in [0, 0.05) is 5.92 Å². The molecule has 1 heteroatoms. The van der Waals surface area contributed by atoms with Crippen LogP contribution in [0.3, 0.4) is 0 Å². The molecule has 0 rings (SSSR count). The number of nitrogens with zero attached hydrogens (tertiary/aromatic N) is 1. The van der Waals surface area contributed by atoms with Crippen LogP contribution in [0.5, 0.6) is 0 Å². The summed E-state index contributed by atoms with van der Waals surface area (Å²) < 4.78 is 0. The van der Waals surface area contributed by atoms with Crippen molar-refractivity contribution in [2.75, 3.05) is 0 Å². The van der Waals surface area contributed by atoms with Crippen LogP contribution in [-0.2, 0) is 0 Å². The molecule has 1 atom stereocenters. The summed E-state index contributed by atoms with van der Waals surface area (Å²) in [6.07, 6.45) is 7.48. The Hall–Kier alpha value is -0.770. The summed E-state index contributed by atoms with van der Waals surface area (Å²) in [7, 11) is 0. The van der Waals surface area contributed by atoms with E-state index in [1.807, 2.05) is 13.8 Å². The lowest BCUT2D eigenvalue weighted by Gasteiger charge is -1.97. The first-order chi connectivity index (χ1) is 4.81. The highest BCUT2D eigenvalue weighted by Gasteiger charge is 1.95. The van der Waals surface area contributed by atoms with Crippen LogP contribution >= 0.6 is 0 Å². The Morgan fingerprint density at radius 3 is 2.80 bits per heavy atom. The van der Waals surface area contributed by atoms with Crippen molar-refractivity contribution in [3.05, 3.63) is 12.2 Å². The molecule has 0 spiro atoms. The molecule has 0 aromatic carbocycles. The predicted molar refractivity (Wildman–Crippen MR) is 43.4 cm³/mol. The lowest BCUT2D eigenvalue weighted by Crippen LogP contribution is -1.87. The van der Waals surface area contributed by atoms with E-state index in [9.17, 15) is 0 Å². The van der Waals surface area contributed by atoms with Gasteiger partial charge >= 0.3 is 0 Å². The minimum atomic E-state index is 0.227. The van der Waals surface area contributed by atoms with Crippen LogP contribution in [0.2, 0.25) is 0 Å². The molecule has 0 radical (unpaired) electrons. The predicted octanol–water partition coefficient (Wildman–Crippen LogP) is 2.89. The van der Waals surface area contributed by atoms with Gasteiger partial charge in [0.15, 0.2) is 0 Å². The molecule has 0 aliphatic heterocycles. The molecule has 0 heterocycles. The Labute approximate surface area is 63.4 Å². The van der Waals surface area contributed by atoms with Crippen molar-refractivity contribution in [1.82, 2.24) is 0 Å². The summed E-state index contributed by atoms with van der Waals surface area (Å²) in [6.45, 7) is 3.99. The first-order valence-corrected chi connectivity index (χ1v) is 3.82. The molecule has 0 saturated heterocycles. The summed E-state index contributed by atoms with van der Waals surface area (Å²) in [6, 6.07) is 2.22. The van der Waals surface area contributed by atoms with Crippen molar-refractivity contribution in [3.63, 3.8) is 0 Å². The quantitative estimate of drug-likeness (QED) is 0.431. The molecule has 0 fully saturated rings. The summed E-state index contributed by atoms with van der Waals surface area (Å²) >= 11 is 0. The normalized spacial score (nSPS) is 13.3. The zero-order valence-corrected chi connectivity index (χ0v) is 6.80. The molecule has 0 aliphatic carbocycles. The van der Waals surface area contributed by atoms with Crippen molar-refractivity contribution in [2.24, 2.45) is 5.92 Å². The van der Waals surface area contributed by atoms with Crippen molar-refractivity contribution in [2.45, 2.75) is 33.1 Å². The summed E-state index contributed by atoms with van der Waals surface area (Å²) in [5.41, 5.74) is 0. The van der Waals surface area contributed by atoms with Crippen LogP contribution in [0.4, 0.5) is 0 Å². The standard InChI is InChI=1S/C9H15N/c1-3-4-5-6-7-9(2)8-10/h3-4,9H,5-7H2,1-2H3. The average molecular weight is 137 g/mol. The van der Waals surface area contributed by atoms with Crippen molar-refractivity contribution in [3.8, 4) is 6.07 Å². The van der Waals surface area contributed by atoms with Gasteiger partial charge < -0.3 is 0 Å². The average Bonchev–Trinajstić information content (AvgIpc) is 1.98. The molecule has 10 heavy (non-hydrogen) atoms. The molecule has 0 aromatic heterocycles. The lowest BCUT2D eigenvalue weighted by atomic mass is 10.1. The van der Waals surface area contributed by atoms with Crippen LogP contribution in [0, 0.1) is 17.2 Å². The Kier molecular flexibility index (Phi) is 5.86. The number of allylic oxidation sites excluding steroid dienone is 2. The molecule has 56 valence electrons. The van der Waals surface area contributed by atoms with Crippen LogP contribution < -0.4 is 0 Å². The van der Waals surface area contributed by atoms with Crippen molar-refractivity contribution in [1.29, 1.82) is 5.26 Å². The Morgan fingerprint density at radius 1 is 1.60 bits per heavy atom. The van der Waals surface area contributed by atoms with Crippen LogP contribution in [-0.4, -0.2) is 0 Å². The van der Waals surface area contributed by atoms with E-state index in [0.29, 0.717) is 0 Å². The number of hydrogen-bond acceptors (Lipinski definition) is 1. The molecular weight excluding hydrogens is 122 g/mol. The van der Waals surface area contributed by atoms with E-state index in [4.69, 9.17) is 5.26 Å². The van der Waals surface area contributed by atoms with E-state index >= 15 is 0 Å². The molecule has 0 amide bonds. The number of nitriles is 1. The van der Waals surface area contributed by atoms with Crippen molar-refractivity contribution < 1.29 is 0 Å². The monoisotopic (exact) mass is 137 g/mol. The minimum absolute atomic E-state index is 0.227. The maximum absolute atomic E-state index is 8.42. The maximum Gasteiger partial charge on any atom is 0.0652 e. The zero-order chi connectivity index (χ0) is 7.82. The Morgan fingerprint density at radius 2 is 2.30 bits per heavy atom. The van der Waals surface area contributed by atoms with E-state index < -0.39 is 0 Å². The second-order valence-corrected chi connectivity index (χ2v) is 2.53. The van der Waals surface area contributed by atoms with Crippen molar-refractivity contribution >= 4 is 0 Å².